The standard InChI is InChI=1S/C20H19N5O3/c1-13-5-2-3-8-16(13)23-19(27)11-28-15-7-4-6-14(9-15)17-10-18(26)24-20-21-12-22-25(17)20/h2-9,12,17H,10-11H2,1H3,(H,23,27)(H,21,22,24,26)/t17-/m0/s1. The molecule has 1 aliphatic rings. The molecule has 28 heavy (non-hydrogen) atoms. The molecule has 2 amide bonds. The largest absolute Gasteiger partial charge is 0.484 e. The third kappa shape index (κ3) is 3.71. The van der Waals surface area contributed by atoms with Gasteiger partial charge < -0.3 is 10.1 Å². The second kappa shape index (κ2) is 7.51. The molecule has 8 heteroatoms. The average Bonchev–Trinajstić information content (AvgIpc) is 3.16. The highest BCUT2D eigenvalue weighted by atomic mass is 16.5. The lowest BCUT2D eigenvalue weighted by molar-refractivity contribution is -0.118. The Balaban J connectivity index is 1.44. The summed E-state index contributed by atoms with van der Waals surface area (Å²) in [6.45, 7) is 1.82. The van der Waals surface area contributed by atoms with E-state index in [4.69, 9.17) is 4.74 Å². The maximum atomic E-state index is 12.2. The van der Waals surface area contributed by atoms with Crippen molar-refractivity contribution in [3.05, 3.63) is 66.0 Å². The molecule has 0 spiro atoms. The molecule has 2 aromatic carbocycles. The number of para-hydroxylation sites is 1. The number of aromatic nitrogens is 3. The Kier molecular flexibility index (Phi) is 4.76. The van der Waals surface area contributed by atoms with Crippen LogP contribution in [0.2, 0.25) is 0 Å². The molecule has 142 valence electrons. The highest BCUT2D eigenvalue weighted by molar-refractivity contribution is 5.92. The molecule has 1 aliphatic heterocycles. The summed E-state index contributed by atoms with van der Waals surface area (Å²) in [5.41, 5.74) is 2.60. The molecule has 0 fully saturated rings. The molecule has 0 bridgehead atoms. The van der Waals surface area contributed by atoms with Gasteiger partial charge in [-0.2, -0.15) is 10.1 Å². The smallest absolute Gasteiger partial charge is 0.262 e. The van der Waals surface area contributed by atoms with Gasteiger partial charge in [0.05, 0.1) is 12.5 Å². The third-order valence-electron chi connectivity index (χ3n) is 4.53. The Morgan fingerprint density at radius 1 is 1.29 bits per heavy atom. The van der Waals surface area contributed by atoms with Gasteiger partial charge in [0, 0.05) is 5.69 Å². The van der Waals surface area contributed by atoms with Gasteiger partial charge in [-0.15, -0.1) is 0 Å². The number of nitrogens with zero attached hydrogens (tertiary/aromatic N) is 3. The monoisotopic (exact) mass is 377 g/mol. The Morgan fingerprint density at radius 2 is 2.14 bits per heavy atom. The number of hydrogen-bond donors (Lipinski definition) is 2. The van der Waals surface area contributed by atoms with Crippen molar-refractivity contribution in [1.29, 1.82) is 0 Å². The van der Waals surface area contributed by atoms with Gasteiger partial charge in [0.2, 0.25) is 11.9 Å². The number of hydrogen-bond acceptors (Lipinski definition) is 5. The van der Waals surface area contributed by atoms with Gasteiger partial charge in [-0.3, -0.25) is 14.9 Å². The number of carbonyl (C=O) groups is 2. The van der Waals surface area contributed by atoms with Crippen LogP contribution in [-0.4, -0.2) is 33.2 Å². The van der Waals surface area contributed by atoms with Crippen molar-refractivity contribution in [3.8, 4) is 5.75 Å². The minimum absolute atomic E-state index is 0.114. The van der Waals surface area contributed by atoms with Crippen LogP contribution in [0, 0.1) is 6.92 Å². The molecule has 2 N–H and O–H groups in total. The van der Waals surface area contributed by atoms with Gasteiger partial charge in [-0.1, -0.05) is 30.3 Å². The van der Waals surface area contributed by atoms with E-state index in [1.54, 1.807) is 10.7 Å². The van der Waals surface area contributed by atoms with Crippen LogP contribution in [0.1, 0.15) is 23.6 Å². The van der Waals surface area contributed by atoms with Gasteiger partial charge in [-0.05, 0) is 36.2 Å². The number of rotatable bonds is 5. The molecule has 0 aliphatic carbocycles. The maximum absolute atomic E-state index is 12.2. The molecular formula is C20H19N5O3. The molecule has 0 radical (unpaired) electrons. The number of anilines is 2. The van der Waals surface area contributed by atoms with Crippen molar-refractivity contribution in [1.82, 2.24) is 14.8 Å². The highest BCUT2D eigenvalue weighted by Crippen LogP contribution is 2.30. The molecule has 1 aromatic heterocycles. The molecule has 8 nitrogen and oxygen atoms in total. The van der Waals surface area contributed by atoms with Crippen LogP contribution in [0.15, 0.2) is 54.9 Å². The normalized spacial score (nSPS) is 15.5. The molecule has 0 saturated heterocycles. The SMILES string of the molecule is Cc1ccccc1NC(=O)COc1cccc([C@@H]2CC(=O)Nc3ncnn32)c1. The first-order chi connectivity index (χ1) is 13.6. The van der Waals surface area contributed by atoms with Crippen LogP contribution in [0.3, 0.4) is 0 Å². The molecule has 3 aromatic rings. The Labute approximate surface area is 161 Å². The quantitative estimate of drug-likeness (QED) is 0.712. The highest BCUT2D eigenvalue weighted by Gasteiger charge is 2.27. The van der Waals surface area contributed by atoms with Gasteiger partial charge in [0.1, 0.15) is 12.1 Å². The van der Waals surface area contributed by atoms with Crippen LogP contribution in [-0.2, 0) is 9.59 Å². The number of nitrogens with one attached hydrogen (secondary N) is 2. The summed E-state index contributed by atoms with van der Waals surface area (Å²) in [4.78, 5) is 28.2. The van der Waals surface area contributed by atoms with Gasteiger partial charge in [0.25, 0.3) is 5.91 Å². The van der Waals surface area contributed by atoms with Crippen LogP contribution in [0.25, 0.3) is 0 Å². The van der Waals surface area contributed by atoms with E-state index in [9.17, 15) is 9.59 Å². The Hall–Kier alpha value is -3.68. The zero-order chi connectivity index (χ0) is 19.5. The molecule has 1 atom stereocenters. The fourth-order valence-corrected chi connectivity index (χ4v) is 3.12. The summed E-state index contributed by atoms with van der Waals surface area (Å²) >= 11 is 0. The number of carbonyl (C=O) groups excluding carboxylic acids is 2. The predicted molar refractivity (Wildman–Crippen MR) is 103 cm³/mol. The topological polar surface area (TPSA) is 98.1 Å². The summed E-state index contributed by atoms with van der Waals surface area (Å²) in [6.07, 6.45) is 1.66. The van der Waals surface area contributed by atoms with E-state index in [1.807, 2.05) is 49.4 Å². The number of amides is 2. The Bertz CT molecular complexity index is 1030. The van der Waals surface area contributed by atoms with Crippen LogP contribution >= 0.6 is 0 Å². The van der Waals surface area contributed by atoms with Crippen molar-refractivity contribution in [2.45, 2.75) is 19.4 Å². The van der Waals surface area contributed by atoms with Crippen molar-refractivity contribution < 1.29 is 14.3 Å². The van der Waals surface area contributed by atoms with E-state index in [1.165, 1.54) is 6.33 Å². The van der Waals surface area contributed by atoms with E-state index in [2.05, 4.69) is 20.7 Å². The molecule has 0 saturated carbocycles. The van der Waals surface area contributed by atoms with Gasteiger partial charge in [-0.25, -0.2) is 4.68 Å². The van der Waals surface area contributed by atoms with Crippen molar-refractivity contribution >= 4 is 23.5 Å². The van der Waals surface area contributed by atoms with Crippen molar-refractivity contribution in [2.24, 2.45) is 0 Å². The van der Waals surface area contributed by atoms with Crippen molar-refractivity contribution in [3.63, 3.8) is 0 Å². The second-order valence-electron chi connectivity index (χ2n) is 6.52. The summed E-state index contributed by atoms with van der Waals surface area (Å²) in [5.74, 6) is 0.611. The van der Waals surface area contributed by atoms with Crippen LogP contribution in [0.4, 0.5) is 11.6 Å². The number of benzene rings is 2. The second-order valence-corrected chi connectivity index (χ2v) is 6.52. The predicted octanol–water partition coefficient (Wildman–Crippen LogP) is 2.54. The summed E-state index contributed by atoms with van der Waals surface area (Å²) < 4.78 is 7.32. The van der Waals surface area contributed by atoms with E-state index in [0.717, 1.165) is 16.8 Å². The lowest BCUT2D eigenvalue weighted by atomic mass is 10.0. The molecule has 2 heterocycles. The summed E-state index contributed by atoms with van der Waals surface area (Å²) in [5, 5.41) is 9.72. The first-order valence-corrected chi connectivity index (χ1v) is 8.88. The minimum Gasteiger partial charge on any atom is -0.484 e. The zero-order valence-corrected chi connectivity index (χ0v) is 15.3. The van der Waals surface area contributed by atoms with E-state index in [-0.39, 0.29) is 30.9 Å². The van der Waals surface area contributed by atoms with Crippen LogP contribution < -0.4 is 15.4 Å². The summed E-state index contributed by atoms with van der Waals surface area (Å²) in [6, 6.07) is 14.6. The molecule has 4 rings (SSSR count). The third-order valence-corrected chi connectivity index (χ3v) is 4.53. The zero-order valence-electron chi connectivity index (χ0n) is 15.3. The number of ether oxygens (including phenoxy) is 1. The first kappa shape index (κ1) is 17.7. The average molecular weight is 377 g/mol. The van der Waals surface area contributed by atoms with Crippen molar-refractivity contribution in [2.75, 3.05) is 17.2 Å². The van der Waals surface area contributed by atoms with E-state index < -0.39 is 0 Å². The van der Waals surface area contributed by atoms with Gasteiger partial charge >= 0.3 is 0 Å². The van der Waals surface area contributed by atoms with Crippen LogP contribution in [0.5, 0.6) is 5.75 Å². The lowest BCUT2D eigenvalue weighted by Gasteiger charge is -2.24. The number of aryl methyl sites for hydroxylation is 1. The fraction of sp³-hybridized carbons (Fsp3) is 0.200. The maximum Gasteiger partial charge on any atom is 0.262 e. The first-order valence-electron chi connectivity index (χ1n) is 8.88. The molecule has 0 unspecified atom stereocenters. The molecular weight excluding hydrogens is 358 g/mol. The van der Waals surface area contributed by atoms with E-state index in [0.29, 0.717) is 11.7 Å². The lowest BCUT2D eigenvalue weighted by Crippen LogP contribution is -2.29. The summed E-state index contributed by atoms with van der Waals surface area (Å²) in [7, 11) is 0. The van der Waals surface area contributed by atoms with E-state index >= 15 is 0 Å². The van der Waals surface area contributed by atoms with Gasteiger partial charge in [0.15, 0.2) is 6.61 Å². The Morgan fingerprint density at radius 3 is 3.00 bits per heavy atom. The fourth-order valence-electron chi connectivity index (χ4n) is 3.12. The number of fused-ring (bicyclic) bond motifs is 1. The minimum atomic E-state index is -0.268.